The van der Waals surface area contributed by atoms with Crippen molar-refractivity contribution in [3.05, 3.63) is 76.3 Å². The molecule has 24 heavy (non-hydrogen) atoms. The van der Waals surface area contributed by atoms with Crippen molar-refractivity contribution in [3.63, 3.8) is 0 Å². The summed E-state index contributed by atoms with van der Waals surface area (Å²) in [7, 11) is 0. The van der Waals surface area contributed by atoms with Gasteiger partial charge in [-0.05, 0) is 41.7 Å². The third kappa shape index (κ3) is 2.94. The number of benzene rings is 2. The summed E-state index contributed by atoms with van der Waals surface area (Å²) in [6.07, 6.45) is 3.43. The number of ketones is 1. The number of carbonyl (C=O) groups is 1. The molecule has 0 bridgehead atoms. The van der Waals surface area contributed by atoms with Crippen LogP contribution in [0.1, 0.15) is 29.9 Å². The lowest BCUT2D eigenvalue weighted by atomic mass is 9.75. The van der Waals surface area contributed by atoms with Crippen LogP contribution in [0.3, 0.4) is 0 Å². The maximum absolute atomic E-state index is 12.7. The van der Waals surface area contributed by atoms with Gasteiger partial charge in [-0.15, -0.1) is 0 Å². The van der Waals surface area contributed by atoms with Gasteiger partial charge < -0.3 is 0 Å². The molecule has 1 N–H and O–H groups in total. The van der Waals surface area contributed by atoms with Crippen molar-refractivity contribution >= 4 is 33.1 Å². The molecule has 1 aliphatic heterocycles. The first-order valence-corrected chi connectivity index (χ1v) is 8.88. The summed E-state index contributed by atoms with van der Waals surface area (Å²) in [4.78, 5) is 12.7. The summed E-state index contributed by atoms with van der Waals surface area (Å²) in [5.41, 5.74) is 7.24. The van der Waals surface area contributed by atoms with Gasteiger partial charge in [0.15, 0.2) is 0 Å². The third-order valence-electron chi connectivity index (χ3n) is 4.69. The van der Waals surface area contributed by atoms with Crippen LogP contribution in [0.15, 0.2) is 70.2 Å². The summed E-state index contributed by atoms with van der Waals surface area (Å²) in [6.45, 7) is 0. The highest BCUT2D eigenvalue weighted by molar-refractivity contribution is 9.10. The second-order valence-electron chi connectivity index (χ2n) is 6.26. The molecule has 2 aliphatic rings. The van der Waals surface area contributed by atoms with Crippen LogP contribution < -0.4 is 5.43 Å². The van der Waals surface area contributed by atoms with Crippen LogP contribution >= 0.6 is 15.9 Å². The Morgan fingerprint density at radius 1 is 1.00 bits per heavy atom. The first-order chi connectivity index (χ1) is 11.7. The van der Waals surface area contributed by atoms with E-state index < -0.39 is 0 Å². The predicted molar refractivity (Wildman–Crippen MR) is 99.6 cm³/mol. The predicted octanol–water partition coefficient (Wildman–Crippen LogP) is 4.51. The van der Waals surface area contributed by atoms with Gasteiger partial charge in [-0.1, -0.05) is 58.4 Å². The molecule has 0 saturated heterocycles. The van der Waals surface area contributed by atoms with Crippen LogP contribution in [-0.4, -0.2) is 11.5 Å². The standard InChI is InChI=1S/C20H17BrN2O/c21-16-8-6-14(7-9-16)18-12-17-19(23-22-18)10-15(11-20(17)24)13-4-2-1-3-5-13/h1-9,12,15,17,22H,10-11H2/t15-,17-/m0/s1. The van der Waals surface area contributed by atoms with Crippen LogP contribution in [0.4, 0.5) is 0 Å². The van der Waals surface area contributed by atoms with E-state index in [1.165, 1.54) is 5.56 Å². The minimum atomic E-state index is -0.190. The molecule has 2 aromatic carbocycles. The monoisotopic (exact) mass is 380 g/mol. The Bertz CT molecular complexity index is 824. The number of Topliss-reactive ketones (excluding diaryl/α,β-unsaturated/α-hetero) is 1. The van der Waals surface area contributed by atoms with E-state index in [0.717, 1.165) is 27.9 Å². The molecular formula is C20H17BrN2O. The van der Waals surface area contributed by atoms with Gasteiger partial charge in [0, 0.05) is 10.9 Å². The molecule has 2 aromatic rings. The average Bonchev–Trinajstić information content (AvgIpc) is 2.63. The van der Waals surface area contributed by atoms with Gasteiger partial charge in [0.25, 0.3) is 0 Å². The van der Waals surface area contributed by atoms with E-state index in [1.807, 2.05) is 48.5 Å². The molecular weight excluding hydrogens is 364 g/mol. The van der Waals surface area contributed by atoms with Gasteiger partial charge in [0.2, 0.25) is 0 Å². The minimum Gasteiger partial charge on any atom is -0.299 e. The molecule has 4 rings (SSSR count). The molecule has 2 atom stereocenters. The van der Waals surface area contributed by atoms with Crippen LogP contribution in [0.5, 0.6) is 0 Å². The van der Waals surface area contributed by atoms with Gasteiger partial charge in [0.1, 0.15) is 5.78 Å². The Hall–Kier alpha value is -2.20. The number of allylic oxidation sites excluding steroid dienone is 1. The van der Waals surface area contributed by atoms with Gasteiger partial charge in [0.05, 0.1) is 17.3 Å². The molecule has 1 fully saturated rings. The average molecular weight is 381 g/mol. The lowest BCUT2D eigenvalue weighted by molar-refractivity contribution is -0.120. The molecule has 120 valence electrons. The first kappa shape index (κ1) is 15.3. The Morgan fingerprint density at radius 2 is 1.75 bits per heavy atom. The number of halogens is 1. The zero-order valence-electron chi connectivity index (χ0n) is 13.1. The smallest absolute Gasteiger partial charge is 0.146 e. The summed E-state index contributed by atoms with van der Waals surface area (Å²) >= 11 is 3.44. The van der Waals surface area contributed by atoms with E-state index in [4.69, 9.17) is 0 Å². The number of carbonyl (C=O) groups excluding carboxylic acids is 1. The molecule has 3 nitrogen and oxygen atoms in total. The number of nitrogens with one attached hydrogen (secondary N) is 1. The van der Waals surface area contributed by atoms with Crippen molar-refractivity contribution < 1.29 is 4.79 Å². The number of hydrogen-bond acceptors (Lipinski definition) is 3. The number of hydrazone groups is 1. The van der Waals surface area contributed by atoms with Gasteiger partial charge in [-0.25, -0.2) is 0 Å². The van der Waals surface area contributed by atoms with Crippen molar-refractivity contribution in [2.75, 3.05) is 0 Å². The lowest BCUT2D eigenvalue weighted by Crippen LogP contribution is -2.35. The summed E-state index contributed by atoms with van der Waals surface area (Å²) in [6, 6.07) is 18.3. The van der Waals surface area contributed by atoms with Crippen LogP contribution in [0.25, 0.3) is 5.70 Å². The topological polar surface area (TPSA) is 41.5 Å². The highest BCUT2D eigenvalue weighted by Crippen LogP contribution is 2.35. The largest absolute Gasteiger partial charge is 0.299 e. The van der Waals surface area contributed by atoms with E-state index in [2.05, 4.69) is 38.6 Å². The Kier molecular flexibility index (Phi) is 4.07. The Labute approximate surface area is 149 Å². The van der Waals surface area contributed by atoms with Crippen molar-refractivity contribution in [2.24, 2.45) is 11.0 Å². The molecule has 0 aromatic heterocycles. The molecule has 1 aliphatic carbocycles. The molecule has 1 saturated carbocycles. The van der Waals surface area contributed by atoms with Crippen LogP contribution in [0.2, 0.25) is 0 Å². The van der Waals surface area contributed by atoms with Crippen LogP contribution in [0, 0.1) is 5.92 Å². The maximum atomic E-state index is 12.7. The first-order valence-electron chi connectivity index (χ1n) is 8.08. The van der Waals surface area contributed by atoms with Crippen molar-refractivity contribution in [1.29, 1.82) is 0 Å². The van der Waals surface area contributed by atoms with E-state index in [1.54, 1.807) is 0 Å². The molecule has 0 radical (unpaired) electrons. The molecule has 4 heteroatoms. The fourth-order valence-electron chi connectivity index (χ4n) is 3.40. The maximum Gasteiger partial charge on any atom is 0.146 e. The second-order valence-corrected chi connectivity index (χ2v) is 7.18. The number of rotatable bonds is 2. The minimum absolute atomic E-state index is 0.190. The van der Waals surface area contributed by atoms with E-state index in [0.29, 0.717) is 6.42 Å². The summed E-state index contributed by atoms with van der Waals surface area (Å²) in [5, 5.41) is 4.52. The number of hydrogen-bond donors (Lipinski definition) is 1. The third-order valence-corrected chi connectivity index (χ3v) is 5.22. The SMILES string of the molecule is O=C1C[C@@H](c2ccccc2)CC2=NNC(c3ccc(Br)cc3)=C[C@H]12. The van der Waals surface area contributed by atoms with Crippen molar-refractivity contribution in [3.8, 4) is 0 Å². The number of fused-ring (bicyclic) bond motifs is 1. The fraction of sp³-hybridized carbons (Fsp3) is 0.200. The normalized spacial score (nSPS) is 23.0. The van der Waals surface area contributed by atoms with Crippen molar-refractivity contribution in [1.82, 2.24) is 5.43 Å². The molecule has 0 unspecified atom stereocenters. The van der Waals surface area contributed by atoms with Gasteiger partial charge in [-0.2, -0.15) is 5.10 Å². The van der Waals surface area contributed by atoms with Crippen molar-refractivity contribution in [2.45, 2.75) is 18.8 Å². The van der Waals surface area contributed by atoms with E-state index in [-0.39, 0.29) is 17.6 Å². The summed E-state index contributed by atoms with van der Waals surface area (Å²) < 4.78 is 1.03. The summed E-state index contributed by atoms with van der Waals surface area (Å²) in [5.74, 6) is 0.299. The molecule has 1 heterocycles. The fourth-order valence-corrected chi connectivity index (χ4v) is 3.66. The van der Waals surface area contributed by atoms with Gasteiger partial charge >= 0.3 is 0 Å². The lowest BCUT2D eigenvalue weighted by Gasteiger charge is -2.30. The highest BCUT2D eigenvalue weighted by Gasteiger charge is 2.35. The Balaban J connectivity index is 1.58. The van der Waals surface area contributed by atoms with Gasteiger partial charge in [-0.3, -0.25) is 10.2 Å². The zero-order valence-corrected chi connectivity index (χ0v) is 14.7. The molecule has 0 spiro atoms. The highest BCUT2D eigenvalue weighted by atomic mass is 79.9. The Morgan fingerprint density at radius 3 is 2.50 bits per heavy atom. The quantitative estimate of drug-likeness (QED) is 0.832. The zero-order chi connectivity index (χ0) is 16.5. The molecule has 0 amide bonds. The second kappa shape index (κ2) is 6.36. The number of nitrogens with zero attached hydrogens (tertiary/aromatic N) is 1. The van der Waals surface area contributed by atoms with E-state index in [9.17, 15) is 4.79 Å². The van der Waals surface area contributed by atoms with E-state index >= 15 is 0 Å². The van der Waals surface area contributed by atoms with Crippen LogP contribution in [-0.2, 0) is 4.79 Å².